The first-order chi connectivity index (χ1) is 10.3. The molecule has 1 aliphatic carbocycles. The molecule has 0 N–H and O–H groups in total. The molecule has 0 radical (unpaired) electrons. The minimum atomic E-state index is -1.31. The van der Waals surface area contributed by atoms with Gasteiger partial charge in [0.15, 0.2) is 5.41 Å². The number of esters is 2. The van der Waals surface area contributed by atoms with Gasteiger partial charge in [-0.25, -0.2) is 0 Å². The Labute approximate surface area is 131 Å². The largest absolute Gasteiger partial charge is 0.468 e. The highest BCUT2D eigenvalue weighted by atomic mass is 16.5. The molecular formula is C17H24O5. The van der Waals surface area contributed by atoms with Gasteiger partial charge in [-0.05, 0) is 33.1 Å². The van der Waals surface area contributed by atoms with Gasteiger partial charge in [0.1, 0.15) is 5.78 Å². The lowest BCUT2D eigenvalue weighted by molar-refractivity contribution is -0.168. The average Bonchev–Trinajstić information content (AvgIpc) is 2.86. The standard InChI is InChI=1S/C17H24O5/c1-11(2)14-10-17(15(19)21-4,16(20)22-5)9-13(14)8-6-7-12(3)18/h8,14H,1,6-7,9-10H2,2-5H3/b13-8-. The van der Waals surface area contributed by atoms with Crippen molar-refractivity contribution in [3.8, 4) is 0 Å². The molecule has 1 fully saturated rings. The van der Waals surface area contributed by atoms with Crippen molar-refractivity contribution in [2.24, 2.45) is 11.3 Å². The number of hydrogen-bond acceptors (Lipinski definition) is 5. The van der Waals surface area contributed by atoms with Gasteiger partial charge in [0.25, 0.3) is 0 Å². The van der Waals surface area contributed by atoms with Crippen molar-refractivity contribution in [2.75, 3.05) is 14.2 Å². The summed E-state index contributed by atoms with van der Waals surface area (Å²) in [5.74, 6) is -1.14. The molecule has 5 nitrogen and oxygen atoms in total. The fourth-order valence-corrected chi connectivity index (χ4v) is 2.97. The van der Waals surface area contributed by atoms with Crippen LogP contribution in [0.4, 0.5) is 0 Å². The van der Waals surface area contributed by atoms with E-state index in [4.69, 9.17) is 9.47 Å². The average molecular weight is 308 g/mol. The molecule has 1 saturated carbocycles. The maximum absolute atomic E-state index is 12.2. The van der Waals surface area contributed by atoms with Crippen LogP contribution in [0.15, 0.2) is 23.8 Å². The van der Waals surface area contributed by atoms with Crippen LogP contribution >= 0.6 is 0 Å². The van der Waals surface area contributed by atoms with Crippen LogP contribution in [0, 0.1) is 11.3 Å². The lowest BCUT2D eigenvalue weighted by atomic mass is 9.84. The van der Waals surface area contributed by atoms with E-state index in [0.29, 0.717) is 19.3 Å². The van der Waals surface area contributed by atoms with Crippen molar-refractivity contribution in [3.63, 3.8) is 0 Å². The van der Waals surface area contributed by atoms with Crippen molar-refractivity contribution in [2.45, 2.75) is 39.5 Å². The van der Waals surface area contributed by atoms with Crippen LogP contribution in [0.2, 0.25) is 0 Å². The minimum absolute atomic E-state index is 0.0786. The Morgan fingerprint density at radius 2 is 1.77 bits per heavy atom. The fourth-order valence-electron chi connectivity index (χ4n) is 2.97. The number of Topliss-reactive ketones (excluding diaryl/α,β-unsaturated/α-hetero) is 1. The van der Waals surface area contributed by atoms with Gasteiger partial charge in [-0.2, -0.15) is 0 Å². The van der Waals surface area contributed by atoms with E-state index in [1.54, 1.807) is 0 Å². The second kappa shape index (κ2) is 7.38. The smallest absolute Gasteiger partial charge is 0.323 e. The highest BCUT2D eigenvalue weighted by Gasteiger charge is 2.55. The van der Waals surface area contributed by atoms with Crippen molar-refractivity contribution in [1.29, 1.82) is 0 Å². The normalized spacial score (nSPS) is 21.5. The summed E-state index contributed by atoms with van der Waals surface area (Å²) in [7, 11) is 2.53. The lowest BCUT2D eigenvalue weighted by Crippen LogP contribution is -2.39. The van der Waals surface area contributed by atoms with Crippen LogP contribution in [-0.4, -0.2) is 31.9 Å². The monoisotopic (exact) mass is 308 g/mol. The van der Waals surface area contributed by atoms with Gasteiger partial charge in [0.05, 0.1) is 14.2 Å². The number of methoxy groups -OCH3 is 2. The SMILES string of the molecule is C=C(C)C1CC(C(=O)OC)(C(=O)OC)C/C1=C/CCC(C)=O. The van der Waals surface area contributed by atoms with E-state index in [9.17, 15) is 14.4 Å². The maximum atomic E-state index is 12.2. The van der Waals surface area contributed by atoms with Crippen molar-refractivity contribution < 1.29 is 23.9 Å². The number of ether oxygens (including phenoxy) is 2. The Balaban J connectivity index is 3.14. The number of ketones is 1. The zero-order valence-corrected chi connectivity index (χ0v) is 13.7. The van der Waals surface area contributed by atoms with Gasteiger partial charge < -0.3 is 14.3 Å². The molecule has 0 amide bonds. The van der Waals surface area contributed by atoms with E-state index in [2.05, 4.69) is 6.58 Å². The molecule has 0 bridgehead atoms. The number of carbonyl (C=O) groups excluding carboxylic acids is 3. The minimum Gasteiger partial charge on any atom is -0.468 e. The molecule has 122 valence electrons. The Kier molecular flexibility index (Phi) is 6.09. The van der Waals surface area contributed by atoms with Crippen molar-refractivity contribution in [3.05, 3.63) is 23.8 Å². The van der Waals surface area contributed by atoms with Gasteiger partial charge in [0.2, 0.25) is 0 Å². The van der Waals surface area contributed by atoms with Crippen LogP contribution in [0.3, 0.4) is 0 Å². The van der Waals surface area contributed by atoms with Crippen molar-refractivity contribution >= 4 is 17.7 Å². The van der Waals surface area contributed by atoms with E-state index in [-0.39, 0.29) is 18.1 Å². The molecule has 0 heterocycles. The van der Waals surface area contributed by atoms with E-state index in [0.717, 1.165) is 11.1 Å². The van der Waals surface area contributed by atoms with Crippen LogP contribution in [0.1, 0.15) is 39.5 Å². The molecule has 5 heteroatoms. The molecule has 0 aromatic carbocycles. The van der Waals surface area contributed by atoms with Crippen molar-refractivity contribution in [1.82, 2.24) is 0 Å². The second-order valence-corrected chi connectivity index (χ2v) is 5.86. The molecule has 0 spiro atoms. The summed E-state index contributed by atoms with van der Waals surface area (Å²) in [5, 5.41) is 0. The first-order valence-corrected chi connectivity index (χ1v) is 7.29. The van der Waals surface area contributed by atoms with Crippen LogP contribution < -0.4 is 0 Å². The second-order valence-electron chi connectivity index (χ2n) is 5.86. The first-order valence-electron chi connectivity index (χ1n) is 7.29. The fraction of sp³-hybridized carbons (Fsp3) is 0.588. The summed E-state index contributed by atoms with van der Waals surface area (Å²) in [4.78, 5) is 35.5. The highest BCUT2D eigenvalue weighted by molar-refractivity contribution is 6.01. The lowest BCUT2D eigenvalue weighted by Gasteiger charge is -2.22. The molecule has 0 aliphatic heterocycles. The van der Waals surface area contributed by atoms with Gasteiger partial charge in [-0.1, -0.05) is 23.8 Å². The third-order valence-electron chi connectivity index (χ3n) is 4.16. The molecule has 1 unspecified atom stereocenters. The highest BCUT2D eigenvalue weighted by Crippen LogP contribution is 2.49. The summed E-state index contributed by atoms with van der Waals surface area (Å²) in [6, 6.07) is 0. The summed E-state index contributed by atoms with van der Waals surface area (Å²) in [5.41, 5.74) is 0.517. The number of hydrogen-bond donors (Lipinski definition) is 0. The molecule has 0 aromatic heterocycles. The molecule has 22 heavy (non-hydrogen) atoms. The molecular weight excluding hydrogens is 284 g/mol. The van der Waals surface area contributed by atoms with Gasteiger partial charge in [-0.15, -0.1) is 0 Å². The predicted molar refractivity (Wildman–Crippen MR) is 82.0 cm³/mol. The number of allylic oxidation sites excluding steroid dienone is 3. The molecule has 1 aliphatic rings. The van der Waals surface area contributed by atoms with E-state index in [1.807, 2.05) is 13.0 Å². The van der Waals surface area contributed by atoms with Crippen LogP contribution in [0.5, 0.6) is 0 Å². The molecule has 1 rings (SSSR count). The molecule has 1 atom stereocenters. The predicted octanol–water partition coefficient (Wildman–Crippen LogP) is 2.60. The van der Waals surface area contributed by atoms with Gasteiger partial charge >= 0.3 is 11.9 Å². The Hall–Kier alpha value is -1.91. The van der Waals surface area contributed by atoms with Crippen LogP contribution in [0.25, 0.3) is 0 Å². The van der Waals surface area contributed by atoms with E-state index in [1.165, 1.54) is 21.1 Å². The van der Waals surface area contributed by atoms with Gasteiger partial charge in [-0.3, -0.25) is 9.59 Å². The Morgan fingerprint density at radius 3 is 2.18 bits per heavy atom. The summed E-state index contributed by atoms with van der Waals surface area (Å²) >= 11 is 0. The summed E-state index contributed by atoms with van der Waals surface area (Å²) in [6.45, 7) is 7.36. The molecule has 0 saturated heterocycles. The quantitative estimate of drug-likeness (QED) is 0.428. The van der Waals surface area contributed by atoms with E-state index >= 15 is 0 Å². The third kappa shape index (κ3) is 3.64. The topological polar surface area (TPSA) is 69.7 Å². The Bertz CT molecular complexity index is 499. The zero-order chi connectivity index (χ0) is 16.9. The zero-order valence-electron chi connectivity index (χ0n) is 13.7. The summed E-state index contributed by atoms with van der Waals surface area (Å²) in [6.07, 6.45) is 3.52. The number of rotatable bonds is 6. The Morgan fingerprint density at radius 1 is 1.23 bits per heavy atom. The maximum Gasteiger partial charge on any atom is 0.323 e. The van der Waals surface area contributed by atoms with Crippen LogP contribution in [-0.2, 0) is 23.9 Å². The van der Waals surface area contributed by atoms with E-state index < -0.39 is 17.4 Å². The summed E-state index contributed by atoms with van der Waals surface area (Å²) < 4.78 is 9.66. The number of carbonyl (C=O) groups is 3. The van der Waals surface area contributed by atoms with Gasteiger partial charge in [0, 0.05) is 12.3 Å². The molecule has 0 aromatic rings. The third-order valence-corrected chi connectivity index (χ3v) is 4.16. The first kappa shape index (κ1) is 18.1.